The van der Waals surface area contributed by atoms with Gasteiger partial charge in [-0.05, 0) is 13.0 Å². The van der Waals surface area contributed by atoms with Crippen molar-refractivity contribution in [3.8, 4) is 5.88 Å². The quantitative estimate of drug-likeness (QED) is 0.829. The van der Waals surface area contributed by atoms with E-state index in [1.165, 1.54) is 10.6 Å². The van der Waals surface area contributed by atoms with Crippen LogP contribution in [0.15, 0.2) is 18.3 Å². The van der Waals surface area contributed by atoms with Crippen LogP contribution in [0, 0.1) is 0 Å². The van der Waals surface area contributed by atoms with Crippen molar-refractivity contribution in [3.05, 3.63) is 23.9 Å². The van der Waals surface area contributed by atoms with Crippen LogP contribution in [0.1, 0.15) is 12.5 Å². The molecule has 1 saturated heterocycles. The molecule has 1 aromatic rings. The number of carbonyl (C=O) groups is 1. The Kier molecular flexibility index (Phi) is 5.78. The van der Waals surface area contributed by atoms with Crippen LogP contribution in [-0.4, -0.2) is 67.7 Å². The molecular formula is C14H22N4O4S. The second-order valence-electron chi connectivity index (χ2n) is 5.21. The molecule has 0 atom stereocenters. The predicted octanol–water partition coefficient (Wildman–Crippen LogP) is 0.267. The van der Waals surface area contributed by atoms with Gasteiger partial charge in [0.2, 0.25) is 15.9 Å². The molecule has 0 bridgehead atoms. The Balaban J connectivity index is 1.87. The summed E-state index contributed by atoms with van der Waals surface area (Å²) in [6.07, 6.45) is 2.82. The fourth-order valence-corrected chi connectivity index (χ4v) is 3.16. The molecule has 1 aliphatic rings. The number of urea groups is 1. The largest absolute Gasteiger partial charge is 0.478 e. The maximum atomic E-state index is 12.2. The van der Waals surface area contributed by atoms with Gasteiger partial charge in [-0.1, -0.05) is 6.07 Å². The lowest BCUT2D eigenvalue weighted by atomic mass is 10.2. The summed E-state index contributed by atoms with van der Waals surface area (Å²) in [7, 11) is -3.19. The molecule has 23 heavy (non-hydrogen) atoms. The molecule has 2 amide bonds. The minimum absolute atomic E-state index is 0.218. The number of nitrogens with one attached hydrogen (secondary N) is 1. The highest BCUT2D eigenvalue weighted by molar-refractivity contribution is 7.88. The summed E-state index contributed by atoms with van der Waals surface area (Å²) in [6, 6.07) is 3.42. The average molecular weight is 342 g/mol. The van der Waals surface area contributed by atoms with E-state index >= 15 is 0 Å². The van der Waals surface area contributed by atoms with Crippen molar-refractivity contribution in [1.82, 2.24) is 19.5 Å². The second kappa shape index (κ2) is 7.60. The molecule has 128 valence electrons. The van der Waals surface area contributed by atoms with Crippen LogP contribution in [0.4, 0.5) is 4.79 Å². The van der Waals surface area contributed by atoms with E-state index in [9.17, 15) is 13.2 Å². The summed E-state index contributed by atoms with van der Waals surface area (Å²) in [5, 5.41) is 2.82. The predicted molar refractivity (Wildman–Crippen MR) is 85.6 cm³/mol. The summed E-state index contributed by atoms with van der Waals surface area (Å²) >= 11 is 0. The van der Waals surface area contributed by atoms with Gasteiger partial charge in [-0.25, -0.2) is 18.2 Å². The number of amides is 2. The number of piperazine rings is 1. The molecule has 0 aliphatic carbocycles. The van der Waals surface area contributed by atoms with E-state index in [1.54, 1.807) is 17.2 Å². The smallest absolute Gasteiger partial charge is 0.317 e. The van der Waals surface area contributed by atoms with Crippen LogP contribution in [0.25, 0.3) is 0 Å². The number of sulfonamides is 1. The molecule has 2 heterocycles. The van der Waals surface area contributed by atoms with Crippen molar-refractivity contribution < 1.29 is 17.9 Å². The first-order chi connectivity index (χ1) is 10.9. The van der Waals surface area contributed by atoms with E-state index in [1.807, 2.05) is 13.0 Å². The van der Waals surface area contributed by atoms with Gasteiger partial charge in [0.15, 0.2) is 0 Å². The molecule has 0 radical (unpaired) electrons. The number of hydrogen-bond donors (Lipinski definition) is 1. The summed E-state index contributed by atoms with van der Waals surface area (Å²) < 4.78 is 29.7. The number of ether oxygens (including phenoxy) is 1. The van der Waals surface area contributed by atoms with Crippen molar-refractivity contribution in [2.45, 2.75) is 13.5 Å². The number of aromatic nitrogens is 1. The van der Waals surface area contributed by atoms with Crippen molar-refractivity contribution in [2.24, 2.45) is 0 Å². The van der Waals surface area contributed by atoms with Gasteiger partial charge in [-0.3, -0.25) is 0 Å². The lowest BCUT2D eigenvalue weighted by Crippen LogP contribution is -2.52. The summed E-state index contributed by atoms with van der Waals surface area (Å²) in [5.74, 6) is 0.511. The molecule has 8 nitrogen and oxygen atoms in total. The lowest BCUT2D eigenvalue weighted by molar-refractivity contribution is 0.172. The summed E-state index contributed by atoms with van der Waals surface area (Å²) in [5.41, 5.74) is 0.803. The van der Waals surface area contributed by atoms with Crippen LogP contribution in [0.2, 0.25) is 0 Å². The third-order valence-electron chi connectivity index (χ3n) is 3.56. The van der Waals surface area contributed by atoms with Crippen LogP contribution in [0.5, 0.6) is 5.88 Å². The number of carbonyl (C=O) groups excluding carboxylic acids is 1. The monoisotopic (exact) mass is 342 g/mol. The van der Waals surface area contributed by atoms with E-state index in [0.717, 1.165) is 5.56 Å². The fourth-order valence-electron chi connectivity index (χ4n) is 2.33. The third kappa shape index (κ3) is 4.80. The number of hydrogen-bond acceptors (Lipinski definition) is 5. The van der Waals surface area contributed by atoms with Gasteiger partial charge in [-0.2, -0.15) is 4.31 Å². The minimum Gasteiger partial charge on any atom is -0.478 e. The maximum absolute atomic E-state index is 12.2. The maximum Gasteiger partial charge on any atom is 0.317 e. The number of pyridine rings is 1. The van der Waals surface area contributed by atoms with Crippen molar-refractivity contribution >= 4 is 16.1 Å². The van der Waals surface area contributed by atoms with E-state index in [2.05, 4.69) is 10.3 Å². The number of nitrogens with zero attached hydrogens (tertiary/aromatic N) is 3. The van der Waals surface area contributed by atoms with Crippen LogP contribution < -0.4 is 10.1 Å². The second-order valence-corrected chi connectivity index (χ2v) is 7.19. The van der Waals surface area contributed by atoms with Gasteiger partial charge in [0.05, 0.1) is 12.9 Å². The highest BCUT2D eigenvalue weighted by Gasteiger charge is 2.25. The normalized spacial score (nSPS) is 16.2. The van der Waals surface area contributed by atoms with E-state index in [4.69, 9.17) is 4.74 Å². The zero-order chi connectivity index (χ0) is 16.9. The number of rotatable bonds is 5. The van der Waals surface area contributed by atoms with Gasteiger partial charge in [0.25, 0.3) is 0 Å². The zero-order valence-corrected chi connectivity index (χ0v) is 14.2. The highest BCUT2D eigenvalue weighted by atomic mass is 32.2. The Morgan fingerprint density at radius 3 is 2.65 bits per heavy atom. The van der Waals surface area contributed by atoms with Crippen LogP contribution >= 0.6 is 0 Å². The zero-order valence-electron chi connectivity index (χ0n) is 13.4. The Labute approximate surface area is 136 Å². The average Bonchev–Trinajstić information content (AvgIpc) is 2.53. The molecule has 1 aliphatic heterocycles. The van der Waals surface area contributed by atoms with E-state index < -0.39 is 10.0 Å². The molecule has 0 unspecified atom stereocenters. The molecule has 1 N–H and O–H groups in total. The lowest BCUT2D eigenvalue weighted by Gasteiger charge is -2.33. The Morgan fingerprint density at radius 1 is 1.35 bits per heavy atom. The Hall–Kier alpha value is -1.87. The third-order valence-corrected chi connectivity index (χ3v) is 4.86. The van der Waals surface area contributed by atoms with Gasteiger partial charge >= 0.3 is 6.03 Å². The molecule has 2 rings (SSSR count). The SMILES string of the molecule is CCOc1ncccc1CNC(=O)N1CCN(S(C)(=O)=O)CC1. The van der Waals surface area contributed by atoms with Crippen LogP contribution in [-0.2, 0) is 16.6 Å². The molecule has 9 heteroatoms. The standard InChI is InChI=1S/C14H22N4O4S/c1-3-22-13-12(5-4-6-15-13)11-16-14(19)17-7-9-18(10-8-17)23(2,20)21/h4-6H,3,7-11H2,1-2H3,(H,16,19). The fraction of sp³-hybridized carbons (Fsp3) is 0.571. The summed E-state index contributed by atoms with van der Waals surface area (Å²) in [6.45, 7) is 4.10. The van der Waals surface area contributed by atoms with E-state index in [-0.39, 0.29) is 6.03 Å². The first-order valence-corrected chi connectivity index (χ1v) is 9.31. The first kappa shape index (κ1) is 17.5. The van der Waals surface area contributed by atoms with Gasteiger partial charge in [-0.15, -0.1) is 0 Å². The van der Waals surface area contributed by atoms with Crippen molar-refractivity contribution in [1.29, 1.82) is 0 Å². The van der Waals surface area contributed by atoms with Gasteiger partial charge in [0, 0.05) is 44.5 Å². The molecular weight excluding hydrogens is 320 g/mol. The van der Waals surface area contributed by atoms with Crippen molar-refractivity contribution in [2.75, 3.05) is 39.0 Å². The van der Waals surface area contributed by atoms with Crippen molar-refractivity contribution in [3.63, 3.8) is 0 Å². The molecule has 0 aromatic carbocycles. The molecule has 0 saturated carbocycles. The Morgan fingerprint density at radius 2 is 2.04 bits per heavy atom. The highest BCUT2D eigenvalue weighted by Crippen LogP contribution is 2.14. The first-order valence-electron chi connectivity index (χ1n) is 7.46. The van der Waals surface area contributed by atoms with Gasteiger partial charge < -0.3 is 15.0 Å². The summed E-state index contributed by atoms with van der Waals surface area (Å²) in [4.78, 5) is 17.9. The minimum atomic E-state index is -3.19. The van der Waals surface area contributed by atoms with E-state index in [0.29, 0.717) is 45.2 Å². The Bertz CT molecular complexity index is 642. The molecule has 1 aromatic heterocycles. The van der Waals surface area contributed by atoms with Crippen LogP contribution in [0.3, 0.4) is 0 Å². The van der Waals surface area contributed by atoms with Gasteiger partial charge in [0.1, 0.15) is 0 Å². The molecule has 1 fully saturated rings. The molecule has 0 spiro atoms. The topological polar surface area (TPSA) is 91.8 Å².